The number of hydrogen-bond acceptors (Lipinski definition) is 5. The van der Waals surface area contributed by atoms with Gasteiger partial charge in [0.2, 0.25) is 0 Å². The number of aliphatic hydroxyl groups is 1. The molecule has 1 aliphatic heterocycles. The molecule has 192 valence electrons. The molecule has 2 heterocycles. The second-order valence-electron chi connectivity index (χ2n) is 9.98. The lowest BCUT2D eigenvalue weighted by Gasteiger charge is -2.43. The van der Waals surface area contributed by atoms with E-state index in [4.69, 9.17) is 0 Å². The summed E-state index contributed by atoms with van der Waals surface area (Å²) in [5.74, 6) is -0.986. The lowest BCUT2D eigenvalue weighted by atomic mass is 9.70. The maximum Gasteiger partial charge on any atom is 0.252 e. The molecule has 1 aliphatic rings. The van der Waals surface area contributed by atoms with E-state index in [9.17, 15) is 22.7 Å². The molecule has 3 atom stereocenters. The third-order valence-corrected chi connectivity index (χ3v) is 8.48. The molecule has 3 N–H and O–H groups in total. The predicted octanol–water partition coefficient (Wildman–Crippen LogP) is 4.37. The fraction of sp³-hybridized carbons (Fsp3) is 0.276. The summed E-state index contributed by atoms with van der Waals surface area (Å²) < 4.78 is 38.1. The summed E-state index contributed by atoms with van der Waals surface area (Å²) >= 11 is 0. The lowest BCUT2D eigenvalue weighted by Crippen LogP contribution is -2.49. The zero-order chi connectivity index (χ0) is 26.4. The number of benzene rings is 3. The number of aryl methyl sites for hydroxylation is 1. The average Bonchev–Trinajstić information content (AvgIpc) is 2.84. The van der Waals surface area contributed by atoms with Crippen molar-refractivity contribution >= 4 is 20.7 Å². The number of fused-ring (bicyclic) bond motifs is 1. The molecule has 1 fully saturated rings. The summed E-state index contributed by atoms with van der Waals surface area (Å²) in [7, 11) is -3.44. The summed E-state index contributed by atoms with van der Waals surface area (Å²) in [4.78, 5) is 16.5. The number of rotatable bonds is 5. The van der Waals surface area contributed by atoms with Crippen LogP contribution in [0.4, 0.5) is 4.39 Å². The fourth-order valence-corrected chi connectivity index (χ4v) is 6.23. The van der Waals surface area contributed by atoms with Crippen molar-refractivity contribution in [1.29, 1.82) is 0 Å². The van der Waals surface area contributed by atoms with Crippen molar-refractivity contribution in [2.24, 2.45) is 0 Å². The van der Waals surface area contributed by atoms with Crippen LogP contribution in [0.1, 0.15) is 47.1 Å². The van der Waals surface area contributed by atoms with Gasteiger partial charge >= 0.3 is 0 Å². The van der Waals surface area contributed by atoms with Crippen molar-refractivity contribution in [3.05, 3.63) is 111 Å². The molecule has 0 aliphatic carbocycles. The molecule has 4 aromatic rings. The Labute approximate surface area is 215 Å². The summed E-state index contributed by atoms with van der Waals surface area (Å²) in [6.07, 6.45) is 1.84. The van der Waals surface area contributed by atoms with Gasteiger partial charge in [-0.05, 0) is 84.8 Å². The largest absolute Gasteiger partial charge is 0.389 e. The molecule has 3 unspecified atom stereocenters. The van der Waals surface area contributed by atoms with Crippen LogP contribution in [0, 0.1) is 12.7 Å². The number of piperidine rings is 1. The number of sulfone groups is 1. The van der Waals surface area contributed by atoms with Gasteiger partial charge < -0.3 is 15.4 Å². The van der Waals surface area contributed by atoms with Crippen molar-refractivity contribution < 1.29 is 17.9 Å². The van der Waals surface area contributed by atoms with Crippen molar-refractivity contribution in [1.82, 2.24) is 10.3 Å². The maximum absolute atomic E-state index is 13.8. The Morgan fingerprint density at radius 2 is 1.81 bits per heavy atom. The number of H-pyrrole nitrogens is 1. The third kappa shape index (κ3) is 4.97. The van der Waals surface area contributed by atoms with Gasteiger partial charge in [0.25, 0.3) is 5.56 Å². The molecule has 8 heteroatoms. The third-order valence-electron chi connectivity index (χ3n) is 7.37. The van der Waals surface area contributed by atoms with Gasteiger partial charge in [0.05, 0.1) is 10.5 Å². The number of nitrogens with one attached hydrogen (secondary N) is 2. The first-order valence-electron chi connectivity index (χ1n) is 12.2. The number of aromatic amines is 1. The molecule has 0 saturated carbocycles. The predicted molar refractivity (Wildman–Crippen MR) is 142 cm³/mol. The Balaban J connectivity index is 1.65. The normalized spacial score (nSPS) is 21.1. The van der Waals surface area contributed by atoms with E-state index in [1.165, 1.54) is 18.2 Å². The zero-order valence-electron chi connectivity index (χ0n) is 20.7. The van der Waals surface area contributed by atoms with Crippen LogP contribution in [0.2, 0.25) is 0 Å². The number of pyridine rings is 1. The monoisotopic (exact) mass is 520 g/mol. The van der Waals surface area contributed by atoms with Crippen molar-refractivity contribution in [2.45, 2.75) is 42.2 Å². The lowest BCUT2D eigenvalue weighted by molar-refractivity contribution is -0.0194. The Hall–Kier alpha value is -3.33. The van der Waals surface area contributed by atoms with Gasteiger partial charge in [-0.1, -0.05) is 36.4 Å². The van der Waals surface area contributed by atoms with Crippen LogP contribution >= 0.6 is 0 Å². The Morgan fingerprint density at radius 1 is 1.05 bits per heavy atom. The SMILES string of the molecule is Cc1cc(F)ccc1C1CC(O)(C(c2ccccc2)c2cc3cc(S(C)(=O)=O)ccc3[nH]c2=O)CCN1. The minimum absolute atomic E-state index is 0.154. The highest BCUT2D eigenvalue weighted by atomic mass is 32.2. The Kier molecular flexibility index (Phi) is 6.52. The number of aromatic nitrogens is 1. The van der Waals surface area contributed by atoms with E-state index in [1.807, 2.05) is 37.3 Å². The highest BCUT2D eigenvalue weighted by Gasteiger charge is 2.44. The van der Waals surface area contributed by atoms with Crippen LogP contribution in [0.5, 0.6) is 0 Å². The fourth-order valence-electron chi connectivity index (χ4n) is 5.57. The van der Waals surface area contributed by atoms with Crippen LogP contribution < -0.4 is 10.9 Å². The van der Waals surface area contributed by atoms with E-state index in [-0.39, 0.29) is 22.3 Å². The maximum atomic E-state index is 13.8. The standard InChI is InChI=1S/C29H29FN2O4S/c1-18-14-21(30)8-10-23(18)26-17-29(34,12-13-31-26)27(19-6-4-3-5-7-19)24-16-20-15-22(37(2,35)36)9-11-25(20)32-28(24)33/h3-11,14-16,26-27,31,34H,12-13,17H2,1-2H3,(H,32,33). The Morgan fingerprint density at radius 3 is 2.51 bits per heavy atom. The zero-order valence-corrected chi connectivity index (χ0v) is 21.5. The van der Waals surface area contributed by atoms with Gasteiger partial charge in [0.15, 0.2) is 9.84 Å². The molecule has 3 aromatic carbocycles. The van der Waals surface area contributed by atoms with E-state index in [0.29, 0.717) is 35.9 Å². The van der Waals surface area contributed by atoms with Crippen molar-refractivity contribution in [2.75, 3.05) is 12.8 Å². The van der Waals surface area contributed by atoms with Gasteiger partial charge in [-0.15, -0.1) is 0 Å². The van der Waals surface area contributed by atoms with E-state index in [0.717, 1.165) is 22.9 Å². The average molecular weight is 521 g/mol. The van der Waals surface area contributed by atoms with Crippen LogP contribution in [-0.4, -0.2) is 36.9 Å². The van der Waals surface area contributed by atoms with E-state index < -0.39 is 21.4 Å². The minimum atomic E-state index is -3.44. The molecular formula is C29H29FN2O4S. The quantitative estimate of drug-likeness (QED) is 0.363. The Bertz CT molecular complexity index is 1640. The summed E-state index contributed by atoms with van der Waals surface area (Å²) in [6.45, 7) is 2.35. The molecule has 0 spiro atoms. The molecule has 37 heavy (non-hydrogen) atoms. The second-order valence-corrected chi connectivity index (χ2v) is 12.0. The number of hydrogen-bond donors (Lipinski definition) is 3. The van der Waals surface area contributed by atoms with Crippen molar-refractivity contribution in [3.8, 4) is 0 Å². The molecular weight excluding hydrogens is 491 g/mol. The number of halogens is 1. The highest BCUT2D eigenvalue weighted by Crippen LogP contribution is 2.44. The molecule has 5 rings (SSSR count). The summed E-state index contributed by atoms with van der Waals surface area (Å²) in [5.41, 5.74) is 1.72. The van der Waals surface area contributed by atoms with Crippen LogP contribution in [0.3, 0.4) is 0 Å². The smallest absolute Gasteiger partial charge is 0.252 e. The summed E-state index contributed by atoms with van der Waals surface area (Å²) in [6, 6.07) is 20.1. The van der Waals surface area contributed by atoms with Gasteiger partial charge in [-0.2, -0.15) is 0 Å². The van der Waals surface area contributed by atoms with Crippen LogP contribution in [0.25, 0.3) is 10.9 Å². The molecule has 0 radical (unpaired) electrons. The van der Waals surface area contributed by atoms with Gasteiger partial charge in [0, 0.05) is 29.3 Å². The van der Waals surface area contributed by atoms with Crippen LogP contribution in [-0.2, 0) is 9.84 Å². The molecule has 0 amide bonds. The molecule has 0 bridgehead atoms. The highest BCUT2D eigenvalue weighted by molar-refractivity contribution is 7.90. The second kappa shape index (κ2) is 9.52. The van der Waals surface area contributed by atoms with Crippen LogP contribution in [0.15, 0.2) is 82.5 Å². The topological polar surface area (TPSA) is 99.3 Å². The van der Waals surface area contributed by atoms with E-state index >= 15 is 0 Å². The first kappa shape index (κ1) is 25.3. The molecule has 1 saturated heterocycles. The van der Waals surface area contributed by atoms with Gasteiger partial charge in [-0.25, -0.2) is 12.8 Å². The van der Waals surface area contributed by atoms with Gasteiger partial charge in [-0.3, -0.25) is 4.79 Å². The first-order valence-corrected chi connectivity index (χ1v) is 14.1. The summed E-state index contributed by atoms with van der Waals surface area (Å²) in [5, 5.41) is 16.2. The minimum Gasteiger partial charge on any atom is -0.389 e. The molecule has 6 nitrogen and oxygen atoms in total. The van der Waals surface area contributed by atoms with Crippen molar-refractivity contribution in [3.63, 3.8) is 0 Å². The van der Waals surface area contributed by atoms with Gasteiger partial charge in [0.1, 0.15) is 5.82 Å². The van der Waals surface area contributed by atoms with E-state index in [2.05, 4.69) is 10.3 Å². The molecule has 1 aromatic heterocycles. The van der Waals surface area contributed by atoms with E-state index in [1.54, 1.807) is 24.3 Å². The first-order chi connectivity index (χ1) is 17.5.